The molecule has 0 atom stereocenters. The Kier molecular flexibility index (Phi) is 8.50. The number of nitrogens with zero attached hydrogens (tertiary/aromatic N) is 4. The lowest BCUT2D eigenvalue weighted by Crippen LogP contribution is -2.30. The van der Waals surface area contributed by atoms with E-state index in [1.165, 1.54) is 27.5 Å². The summed E-state index contributed by atoms with van der Waals surface area (Å²) in [5, 5.41) is 5.71. The first-order chi connectivity index (χ1) is 29.4. The minimum absolute atomic E-state index is 0.0468. The van der Waals surface area contributed by atoms with E-state index in [9.17, 15) is 0 Å². The van der Waals surface area contributed by atoms with E-state index < -0.39 is 0 Å². The molecule has 0 saturated heterocycles. The Labute approximate surface area is 352 Å². The molecule has 0 aliphatic heterocycles. The van der Waals surface area contributed by atoms with Crippen LogP contribution in [0.1, 0.15) is 26.3 Å². The topological polar surface area (TPSA) is 35.9 Å². The molecule has 0 aliphatic carbocycles. The summed E-state index contributed by atoms with van der Waals surface area (Å²) < 4.78 is 13.7. The summed E-state index contributed by atoms with van der Waals surface area (Å²) in [6.07, 6.45) is 2.21. The summed E-state index contributed by atoms with van der Waals surface area (Å²) in [4.78, 5) is 6.29. The maximum Gasteiger partial charge on any atom is 0.255 e. The Morgan fingerprint density at radius 1 is 0.550 bits per heavy atom. The molecule has 0 spiro atoms. The molecule has 6 heteroatoms. The number of thiophene rings is 1. The molecule has 0 amide bonds. The minimum Gasteiger partial charge on any atom is -0.457 e. The summed E-state index contributed by atoms with van der Waals surface area (Å²) >= 11 is 1.69. The first kappa shape index (κ1) is 35.8. The van der Waals surface area contributed by atoms with E-state index in [-0.39, 0.29) is 5.41 Å². The van der Waals surface area contributed by atoms with Gasteiger partial charge in [-0.15, -0.1) is 11.3 Å². The van der Waals surface area contributed by atoms with Crippen LogP contribution >= 0.6 is 11.3 Å². The average molecular weight is 794 g/mol. The fraction of sp³-hybridized carbons (Fsp3) is 0.0741. The summed E-state index contributed by atoms with van der Waals surface area (Å²) in [6.45, 7) is 6.82. The molecule has 0 saturated carbocycles. The van der Waals surface area contributed by atoms with Crippen molar-refractivity contribution in [3.63, 3.8) is 0 Å². The third-order valence-electron chi connectivity index (χ3n) is 11.5. The molecular weight excluding hydrogens is 753 g/mol. The van der Waals surface area contributed by atoms with Gasteiger partial charge in [-0.3, -0.25) is 4.57 Å². The fourth-order valence-electron chi connectivity index (χ4n) is 8.76. The van der Waals surface area contributed by atoms with Gasteiger partial charge in [-0.25, -0.2) is 4.98 Å². The minimum atomic E-state index is -0.0468. The molecule has 0 bridgehead atoms. The quantitative estimate of drug-likeness (QED) is 0.151. The smallest absolute Gasteiger partial charge is 0.255 e. The van der Waals surface area contributed by atoms with Crippen molar-refractivity contribution in [1.29, 1.82) is 0 Å². The second-order valence-electron chi connectivity index (χ2n) is 16.3. The van der Waals surface area contributed by atoms with Crippen molar-refractivity contribution in [2.45, 2.75) is 26.2 Å². The van der Waals surface area contributed by atoms with Gasteiger partial charge in [0.15, 0.2) is 11.0 Å². The molecule has 0 unspecified atom stereocenters. The molecule has 5 nitrogen and oxygen atoms in total. The number of pyridine rings is 1. The van der Waals surface area contributed by atoms with Crippen LogP contribution in [0.3, 0.4) is 0 Å². The van der Waals surface area contributed by atoms with Gasteiger partial charge in [0.1, 0.15) is 33.5 Å². The van der Waals surface area contributed by atoms with E-state index in [0.717, 1.165) is 72.1 Å². The zero-order chi connectivity index (χ0) is 40.4. The van der Waals surface area contributed by atoms with Crippen LogP contribution in [0.25, 0.3) is 82.5 Å². The predicted octanol–water partition coefficient (Wildman–Crippen LogP) is 14.0. The van der Waals surface area contributed by atoms with E-state index in [4.69, 9.17) is 9.72 Å². The van der Waals surface area contributed by atoms with Crippen LogP contribution < -0.4 is 9.30 Å². The maximum atomic E-state index is 6.78. The van der Waals surface area contributed by atoms with Gasteiger partial charge < -0.3 is 4.74 Å². The van der Waals surface area contributed by atoms with Gasteiger partial charge in [0, 0.05) is 39.4 Å². The van der Waals surface area contributed by atoms with E-state index in [0.29, 0.717) is 0 Å². The molecule has 4 heterocycles. The fourth-order valence-corrected chi connectivity index (χ4v) is 9.55. The lowest BCUT2D eigenvalue weighted by atomic mass is 9.86. The van der Waals surface area contributed by atoms with Crippen LogP contribution in [-0.2, 0) is 5.41 Å². The summed E-state index contributed by atoms with van der Waals surface area (Å²) in [7, 11) is 0. The van der Waals surface area contributed by atoms with Crippen molar-refractivity contribution < 1.29 is 9.30 Å². The lowest BCUT2D eigenvalue weighted by Gasteiger charge is -2.21. The average Bonchev–Trinajstić information content (AvgIpc) is 4.00. The van der Waals surface area contributed by atoms with Gasteiger partial charge in [-0.1, -0.05) is 136 Å². The molecule has 0 aliphatic rings. The van der Waals surface area contributed by atoms with Crippen LogP contribution in [0.5, 0.6) is 11.5 Å². The largest absolute Gasteiger partial charge is 0.457 e. The standard InChI is InChI=1S/C54H41N4OS/c1-54(2,3)46-34-51(55-53-45(46)30-31-60-53)58-47-25-11-10-22-43(47)44-29-28-40(33-50(44)58)59-39-21-14-20-38(32-39)56-35-57(49-27-13-12-26-48(49)56)52-41(36-16-6-4-7-17-36)23-15-24-42(52)37-18-8-5-9-19-37/h4-35H,1-3H3/q+1. The number of hydrogen-bond acceptors (Lipinski definition) is 3. The van der Waals surface area contributed by atoms with Crippen molar-refractivity contribution in [2.24, 2.45) is 0 Å². The monoisotopic (exact) mass is 793 g/mol. The van der Waals surface area contributed by atoms with Crippen molar-refractivity contribution in [2.75, 3.05) is 0 Å². The zero-order valence-corrected chi connectivity index (χ0v) is 34.4. The first-order valence-electron chi connectivity index (χ1n) is 20.4. The van der Waals surface area contributed by atoms with Crippen molar-refractivity contribution in [1.82, 2.24) is 14.1 Å². The number of ether oxygens (including phenoxy) is 1. The van der Waals surface area contributed by atoms with Crippen LogP contribution in [0, 0.1) is 0 Å². The van der Waals surface area contributed by atoms with E-state index in [2.05, 4.69) is 222 Å². The number of hydrogen-bond donors (Lipinski definition) is 0. The lowest BCUT2D eigenvalue weighted by molar-refractivity contribution is -0.566. The predicted molar refractivity (Wildman–Crippen MR) is 248 cm³/mol. The second-order valence-corrected chi connectivity index (χ2v) is 17.2. The second kappa shape index (κ2) is 14.2. The van der Waals surface area contributed by atoms with Gasteiger partial charge in [0.25, 0.3) is 6.33 Å². The zero-order valence-electron chi connectivity index (χ0n) is 33.6. The Morgan fingerprint density at radius 3 is 1.95 bits per heavy atom. The third-order valence-corrected chi connectivity index (χ3v) is 12.3. The van der Waals surface area contributed by atoms with Crippen LogP contribution in [0.2, 0.25) is 0 Å². The van der Waals surface area contributed by atoms with Gasteiger partial charge in [0.05, 0.1) is 11.0 Å². The molecule has 0 fully saturated rings. The Balaban J connectivity index is 1.03. The molecule has 0 radical (unpaired) electrons. The molecule has 7 aromatic carbocycles. The SMILES string of the molecule is CC(C)(C)c1cc(-n2c3ccccc3c3ccc(Oc4cccc(-n5c[n+](-c6c(-c7ccccc7)cccc6-c6ccccc6)c6ccccc65)c4)cc32)nc2sccc12. The summed E-state index contributed by atoms with van der Waals surface area (Å²) in [6, 6.07) is 64.4. The van der Waals surface area contributed by atoms with E-state index in [1.54, 1.807) is 11.3 Å². The maximum absolute atomic E-state index is 6.78. The molecule has 288 valence electrons. The highest BCUT2D eigenvalue weighted by Gasteiger charge is 2.26. The number of fused-ring (bicyclic) bond motifs is 5. The normalized spacial score (nSPS) is 11.9. The highest BCUT2D eigenvalue weighted by atomic mass is 32.1. The molecule has 11 rings (SSSR count). The van der Waals surface area contributed by atoms with Crippen molar-refractivity contribution in [3.8, 4) is 50.9 Å². The van der Waals surface area contributed by atoms with Gasteiger partial charge >= 0.3 is 0 Å². The molecule has 0 N–H and O–H groups in total. The van der Waals surface area contributed by atoms with E-state index >= 15 is 0 Å². The number of para-hydroxylation sites is 4. The van der Waals surface area contributed by atoms with Crippen LogP contribution in [0.15, 0.2) is 194 Å². The summed E-state index contributed by atoms with van der Waals surface area (Å²) in [5.41, 5.74) is 12.4. The highest BCUT2D eigenvalue weighted by Crippen LogP contribution is 2.39. The number of rotatable bonds is 7. The Morgan fingerprint density at radius 2 is 1.20 bits per heavy atom. The molecule has 60 heavy (non-hydrogen) atoms. The van der Waals surface area contributed by atoms with Gasteiger partial charge in [-0.2, -0.15) is 9.13 Å². The Bertz CT molecular complexity index is 3330. The van der Waals surface area contributed by atoms with E-state index in [1.807, 2.05) is 6.07 Å². The first-order valence-corrected chi connectivity index (χ1v) is 21.2. The van der Waals surface area contributed by atoms with Crippen molar-refractivity contribution in [3.05, 3.63) is 199 Å². The Hall–Kier alpha value is -7.28. The van der Waals surface area contributed by atoms with Crippen LogP contribution in [-0.4, -0.2) is 14.1 Å². The third kappa shape index (κ3) is 6.07. The van der Waals surface area contributed by atoms with Gasteiger partial charge in [0.2, 0.25) is 0 Å². The summed E-state index contributed by atoms with van der Waals surface area (Å²) in [5.74, 6) is 2.42. The van der Waals surface area contributed by atoms with Crippen LogP contribution in [0.4, 0.5) is 0 Å². The number of imidazole rings is 1. The number of aromatic nitrogens is 4. The molecule has 11 aromatic rings. The highest BCUT2D eigenvalue weighted by molar-refractivity contribution is 7.16. The molecular formula is C54H41N4OS+. The number of benzene rings is 7. The molecule has 4 aromatic heterocycles. The van der Waals surface area contributed by atoms with Crippen molar-refractivity contribution >= 4 is 54.4 Å². The van der Waals surface area contributed by atoms with Gasteiger partial charge in [-0.05, 0) is 82.1 Å².